The Labute approximate surface area is 47.6 Å². The number of hydrogen-bond donors (Lipinski definition) is 1. The van der Waals surface area contributed by atoms with E-state index >= 15 is 0 Å². The molecule has 0 N–H and O–H groups in total. The van der Waals surface area contributed by atoms with E-state index in [0.29, 0.717) is 0 Å². The predicted octanol–water partition coefficient (Wildman–Crippen LogP) is 0.869. The molecule has 0 aliphatic rings. The van der Waals surface area contributed by atoms with E-state index in [1.165, 1.54) is 6.42 Å². The Morgan fingerprint density at radius 1 is 1.83 bits per heavy atom. The van der Waals surface area contributed by atoms with Crippen LogP contribution in [0.5, 0.6) is 0 Å². The van der Waals surface area contributed by atoms with Gasteiger partial charge in [-0.25, -0.2) is 0 Å². The summed E-state index contributed by atoms with van der Waals surface area (Å²) in [5.41, 5.74) is 0. The second kappa shape index (κ2) is 3.75. The molecule has 0 spiro atoms. The van der Waals surface area contributed by atoms with Crippen molar-refractivity contribution in [3.63, 3.8) is 0 Å². The largest absolute Gasteiger partial charge is 0.180 e. The normalized spacial score (nSPS) is 16.5. The Balaban J connectivity index is 2.75. The Morgan fingerprint density at radius 2 is 2.33 bits per heavy atom. The van der Waals surface area contributed by atoms with Gasteiger partial charge in [0.15, 0.2) is 0 Å². The average Bonchev–Trinajstić information content (AvgIpc) is 1.65. The van der Waals surface area contributed by atoms with Crippen LogP contribution in [0, 0.1) is 0 Å². The van der Waals surface area contributed by atoms with E-state index < -0.39 is 0 Å². The molecule has 0 saturated heterocycles. The molecule has 1 atom stereocenters. The second-order valence-corrected chi connectivity index (χ2v) is 4.69. The molecular formula is C4H12SSi. The van der Waals surface area contributed by atoms with Crippen molar-refractivity contribution >= 4 is 22.1 Å². The second-order valence-electron chi connectivity index (χ2n) is 1.47. The lowest BCUT2D eigenvalue weighted by atomic mass is 10.6. The topological polar surface area (TPSA) is 0 Å². The van der Waals surface area contributed by atoms with Crippen molar-refractivity contribution in [3.05, 3.63) is 0 Å². The van der Waals surface area contributed by atoms with Crippen LogP contribution in [0.3, 0.4) is 0 Å². The predicted molar refractivity (Wildman–Crippen MR) is 37.5 cm³/mol. The number of hydrogen-bond acceptors (Lipinski definition) is 1. The van der Waals surface area contributed by atoms with Crippen molar-refractivity contribution in [1.82, 2.24) is 0 Å². The zero-order valence-electron chi connectivity index (χ0n) is 4.44. The molecule has 0 aliphatic heterocycles. The van der Waals surface area contributed by atoms with Crippen LogP contribution in [0.2, 0.25) is 6.55 Å². The van der Waals surface area contributed by atoms with Crippen molar-refractivity contribution in [2.45, 2.75) is 24.8 Å². The van der Waals surface area contributed by atoms with E-state index in [2.05, 4.69) is 26.1 Å². The fourth-order valence-corrected chi connectivity index (χ4v) is 0.866. The molecule has 6 heavy (non-hydrogen) atoms. The summed E-state index contributed by atoms with van der Waals surface area (Å²) in [5, 5.41) is 0. The molecule has 0 aromatic heterocycles. The lowest BCUT2D eigenvalue weighted by molar-refractivity contribution is 1.04. The van der Waals surface area contributed by atoms with Gasteiger partial charge in [-0.1, -0.05) is 13.5 Å². The van der Waals surface area contributed by atoms with Crippen LogP contribution in [0.15, 0.2) is 0 Å². The van der Waals surface area contributed by atoms with Crippen molar-refractivity contribution in [3.8, 4) is 0 Å². The van der Waals surface area contributed by atoms with Crippen LogP contribution in [-0.4, -0.2) is 14.4 Å². The van der Waals surface area contributed by atoms with Crippen LogP contribution in [0.25, 0.3) is 0 Å². The van der Waals surface area contributed by atoms with E-state index in [1.807, 2.05) is 0 Å². The third-order valence-corrected chi connectivity index (χ3v) is 3.92. The summed E-state index contributed by atoms with van der Waals surface area (Å²) in [6.07, 6.45) is 1.26. The molecule has 0 radical (unpaired) electrons. The molecular weight excluding hydrogens is 108 g/mol. The van der Waals surface area contributed by atoms with Crippen LogP contribution in [-0.2, 0) is 0 Å². The summed E-state index contributed by atoms with van der Waals surface area (Å²) in [5.74, 6) is 0. The van der Waals surface area contributed by atoms with Gasteiger partial charge in [-0.2, -0.15) is 12.6 Å². The zero-order chi connectivity index (χ0) is 4.99. The highest BCUT2D eigenvalue weighted by molar-refractivity contribution is 7.82. The molecule has 1 unspecified atom stereocenters. The lowest BCUT2D eigenvalue weighted by Gasteiger charge is -1.97. The van der Waals surface area contributed by atoms with Gasteiger partial charge < -0.3 is 0 Å². The van der Waals surface area contributed by atoms with E-state index in [-0.39, 0.29) is 9.52 Å². The van der Waals surface area contributed by atoms with Gasteiger partial charge in [0.1, 0.15) is 0 Å². The van der Waals surface area contributed by atoms with Gasteiger partial charge in [-0.15, -0.1) is 0 Å². The van der Waals surface area contributed by atoms with E-state index in [9.17, 15) is 0 Å². The quantitative estimate of drug-likeness (QED) is 0.406. The van der Waals surface area contributed by atoms with Gasteiger partial charge in [0, 0.05) is 9.52 Å². The first-order valence-electron chi connectivity index (χ1n) is 2.49. The summed E-state index contributed by atoms with van der Waals surface area (Å²) in [6.45, 7) is 4.48. The van der Waals surface area contributed by atoms with Crippen LogP contribution in [0.1, 0.15) is 13.3 Å². The van der Waals surface area contributed by atoms with Gasteiger partial charge in [-0.05, 0) is 11.3 Å². The Bertz CT molecular complexity index is 26.7. The van der Waals surface area contributed by atoms with Crippen LogP contribution >= 0.6 is 12.6 Å². The molecule has 0 bridgehead atoms. The Hall–Kier alpha value is 0.567. The van der Waals surface area contributed by atoms with E-state index in [1.54, 1.807) is 0 Å². The molecule has 0 aromatic carbocycles. The zero-order valence-corrected chi connectivity index (χ0v) is 6.75. The summed E-state index contributed by atoms with van der Waals surface area (Å²) >= 11 is 4.29. The highest BCUT2D eigenvalue weighted by Crippen LogP contribution is 1.95. The van der Waals surface area contributed by atoms with Crippen molar-refractivity contribution < 1.29 is 0 Å². The Kier molecular flexibility index (Phi) is 4.10. The molecule has 0 heterocycles. The lowest BCUT2D eigenvalue weighted by Crippen LogP contribution is -2.01. The molecule has 38 valence electrons. The SMILES string of the molecule is CCC(S)[SiH2]C. The molecule has 0 amide bonds. The maximum Gasteiger partial charge on any atom is 0.0322 e. The van der Waals surface area contributed by atoms with Gasteiger partial charge in [0.25, 0.3) is 0 Å². The van der Waals surface area contributed by atoms with Crippen molar-refractivity contribution in [1.29, 1.82) is 0 Å². The van der Waals surface area contributed by atoms with Crippen molar-refractivity contribution in [2.75, 3.05) is 0 Å². The first kappa shape index (κ1) is 6.57. The van der Waals surface area contributed by atoms with Crippen LogP contribution in [0.4, 0.5) is 0 Å². The molecule has 0 aromatic rings. The molecule has 2 heteroatoms. The summed E-state index contributed by atoms with van der Waals surface area (Å²) in [4.78, 5) is 0.769. The first-order valence-corrected chi connectivity index (χ1v) is 5.24. The standard InChI is InChI=1S/C4H12SSi/c1-3-4(5)6-2/h4-5H,3,6H2,1-2H3. The van der Waals surface area contributed by atoms with E-state index in [4.69, 9.17) is 0 Å². The first-order chi connectivity index (χ1) is 2.81. The minimum Gasteiger partial charge on any atom is -0.180 e. The molecule has 0 saturated carbocycles. The summed E-state index contributed by atoms with van der Waals surface area (Å²) in [6, 6.07) is 0. The number of thiol groups is 1. The van der Waals surface area contributed by atoms with Crippen molar-refractivity contribution in [2.24, 2.45) is 0 Å². The summed E-state index contributed by atoms with van der Waals surface area (Å²) < 4.78 is 0. The minimum atomic E-state index is 0.203. The number of rotatable bonds is 2. The molecule has 0 aliphatic carbocycles. The minimum absolute atomic E-state index is 0.203. The van der Waals surface area contributed by atoms with Gasteiger partial charge >= 0.3 is 0 Å². The summed E-state index contributed by atoms with van der Waals surface area (Å²) in [7, 11) is 0.203. The highest BCUT2D eigenvalue weighted by atomic mass is 32.1. The van der Waals surface area contributed by atoms with Gasteiger partial charge in [0.2, 0.25) is 0 Å². The smallest absolute Gasteiger partial charge is 0.0322 e. The molecule has 0 rings (SSSR count). The third-order valence-electron chi connectivity index (χ3n) is 0.942. The molecule has 0 fully saturated rings. The fraction of sp³-hybridized carbons (Fsp3) is 1.00. The maximum atomic E-state index is 4.29. The third kappa shape index (κ3) is 2.79. The van der Waals surface area contributed by atoms with E-state index in [0.717, 1.165) is 4.87 Å². The monoisotopic (exact) mass is 120 g/mol. The fourth-order valence-electron chi connectivity index (χ4n) is 0.289. The maximum absolute atomic E-state index is 4.29. The van der Waals surface area contributed by atoms with Crippen LogP contribution < -0.4 is 0 Å². The van der Waals surface area contributed by atoms with Gasteiger partial charge in [-0.3, -0.25) is 0 Å². The average molecular weight is 120 g/mol. The van der Waals surface area contributed by atoms with Gasteiger partial charge in [0.05, 0.1) is 0 Å². The molecule has 0 nitrogen and oxygen atoms in total. The highest BCUT2D eigenvalue weighted by Gasteiger charge is 1.90. The Morgan fingerprint density at radius 3 is 2.33 bits per heavy atom.